The molecule has 1 saturated heterocycles. The van der Waals surface area contributed by atoms with Crippen molar-refractivity contribution in [1.82, 2.24) is 5.32 Å². The smallest absolute Gasteiger partial charge is 0.176 e. The Morgan fingerprint density at radius 1 is 1.47 bits per heavy atom. The molecule has 1 heterocycles. The van der Waals surface area contributed by atoms with Crippen LogP contribution < -0.4 is 5.32 Å². The van der Waals surface area contributed by atoms with Crippen LogP contribution in [0.4, 0.5) is 0 Å². The summed E-state index contributed by atoms with van der Waals surface area (Å²) < 4.78 is 24.7. The molecule has 1 aliphatic heterocycles. The van der Waals surface area contributed by atoms with Gasteiger partial charge in [-0.1, -0.05) is 0 Å². The molecule has 1 unspecified atom stereocenters. The lowest BCUT2D eigenvalue weighted by atomic mass is 10.0. The highest BCUT2D eigenvalue weighted by Crippen LogP contribution is 2.34. The Morgan fingerprint density at radius 3 is 2.74 bits per heavy atom. The Morgan fingerprint density at radius 2 is 2.21 bits per heavy atom. The molecule has 0 aliphatic carbocycles. The largest absolute Gasteiger partial charge is 0.314 e. The van der Waals surface area contributed by atoms with Gasteiger partial charge in [0, 0.05) is 21.7 Å². The quantitative estimate of drug-likeness (QED) is 0.835. The van der Waals surface area contributed by atoms with Gasteiger partial charge in [0.15, 0.2) is 9.84 Å². The van der Waals surface area contributed by atoms with Gasteiger partial charge in [0.2, 0.25) is 0 Å². The summed E-state index contributed by atoms with van der Waals surface area (Å²) in [7, 11) is -3.20. The van der Waals surface area contributed by atoms with Crippen LogP contribution in [0.25, 0.3) is 0 Å². The zero-order valence-electron chi connectivity index (χ0n) is 11.1. The summed E-state index contributed by atoms with van der Waals surface area (Å²) in [5.41, 5.74) is 1.07. The van der Waals surface area contributed by atoms with Crippen molar-refractivity contribution in [3.8, 4) is 0 Å². The average Bonchev–Trinajstić information content (AvgIpc) is 2.80. The van der Waals surface area contributed by atoms with Gasteiger partial charge in [0.05, 0.1) is 4.90 Å². The number of rotatable bonds is 4. The molecular weight excluding hydrogens is 346 g/mol. The fourth-order valence-electron chi connectivity index (χ4n) is 2.43. The summed E-state index contributed by atoms with van der Waals surface area (Å²) in [5.74, 6) is 0. The van der Waals surface area contributed by atoms with E-state index in [-0.39, 0.29) is 0 Å². The molecule has 19 heavy (non-hydrogen) atoms. The van der Waals surface area contributed by atoms with Crippen LogP contribution in [0.15, 0.2) is 26.4 Å². The minimum Gasteiger partial charge on any atom is -0.314 e. The molecule has 1 aromatic carbocycles. The molecule has 3 nitrogen and oxygen atoms in total. The Hall–Kier alpha value is -0.0400. The molecule has 1 aliphatic rings. The summed E-state index contributed by atoms with van der Waals surface area (Å²) >= 11 is 4.95. The number of benzene rings is 1. The zero-order valence-corrected chi connectivity index (χ0v) is 14.3. The van der Waals surface area contributed by atoms with Gasteiger partial charge in [-0.3, -0.25) is 0 Å². The monoisotopic (exact) mass is 363 g/mol. The first-order valence-corrected chi connectivity index (χ1v) is 10.1. The average molecular weight is 364 g/mol. The highest BCUT2D eigenvalue weighted by atomic mass is 79.9. The van der Waals surface area contributed by atoms with Crippen LogP contribution in [-0.2, 0) is 16.3 Å². The highest BCUT2D eigenvalue weighted by molar-refractivity contribution is 9.10. The van der Waals surface area contributed by atoms with Gasteiger partial charge in [-0.05, 0) is 65.7 Å². The molecule has 0 bridgehead atoms. The first-order valence-electron chi connectivity index (χ1n) is 6.21. The van der Waals surface area contributed by atoms with E-state index in [4.69, 9.17) is 0 Å². The normalized spacial score (nSPS) is 19.8. The fourth-order valence-corrected chi connectivity index (χ4v) is 5.58. The van der Waals surface area contributed by atoms with E-state index < -0.39 is 9.84 Å². The van der Waals surface area contributed by atoms with Crippen LogP contribution in [-0.4, -0.2) is 33.5 Å². The summed E-state index contributed by atoms with van der Waals surface area (Å²) in [6.07, 6.45) is 6.42. The predicted octanol–water partition coefficient (Wildman–Crippen LogP) is 2.87. The van der Waals surface area contributed by atoms with Crippen molar-refractivity contribution in [2.75, 3.05) is 19.1 Å². The lowest BCUT2D eigenvalue weighted by molar-refractivity contribution is 0.594. The maximum absolute atomic E-state index is 11.9. The number of hydrogen-bond donors (Lipinski definition) is 1. The molecule has 1 N–H and O–H groups in total. The van der Waals surface area contributed by atoms with E-state index in [0.29, 0.717) is 10.9 Å². The minimum atomic E-state index is -3.20. The Kier molecular flexibility index (Phi) is 4.98. The Bertz CT molecular complexity index is 566. The number of halogens is 1. The number of hydrogen-bond acceptors (Lipinski definition) is 4. The standard InChI is InChI=1S/C13H18BrNO2S2/c1-18-13-11(14)7-9(6-10-4-3-5-15-10)8-12(13)19(2,16)17/h7-8,10,15H,3-6H2,1-2H3. The first-order chi connectivity index (χ1) is 8.91. The SMILES string of the molecule is CSc1c(Br)cc(CC2CCCN2)cc1S(C)(=O)=O. The molecule has 0 spiro atoms. The maximum atomic E-state index is 11.9. The van der Waals surface area contributed by atoms with E-state index in [1.165, 1.54) is 24.4 Å². The molecule has 6 heteroatoms. The van der Waals surface area contributed by atoms with Crippen molar-refractivity contribution in [1.29, 1.82) is 0 Å². The molecule has 1 atom stereocenters. The summed E-state index contributed by atoms with van der Waals surface area (Å²) in [5, 5.41) is 3.44. The number of nitrogens with one attached hydrogen (secondary N) is 1. The van der Waals surface area contributed by atoms with Crippen LogP contribution in [0.5, 0.6) is 0 Å². The molecule has 106 valence electrons. The van der Waals surface area contributed by atoms with Gasteiger partial charge < -0.3 is 5.32 Å². The second-order valence-corrected chi connectivity index (χ2v) is 8.53. The lowest BCUT2D eigenvalue weighted by Crippen LogP contribution is -2.23. The van der Waals surface area contributed by atoms with Gasteiger partial charge in [0.25, 0.3) is 0 Å². The molecular formula is C13H18BrNO2S2. The number of sulfone groups is 1. The molecule has 0 saturated carbocycles. The maximum Gasteiger partial charge on any atom is 0.176 e. The van der Waals surface area contributed by atoms with Crippen LogP contribution in [0.2, 0.25) is 0 Å². The molecule has 0 aromatic heterocycles. The third-order valence-corrected chi connectivity index (χ3v) is 6.30. The van der Waals surface area contributed by atoms with Gasteiger partial charge in [-0.2, -0.15) is 0 Å². The van der Waals surface area contributed by atoms with Gasteiger partial charge >= 0.3 is 0 Å². The predicted molar refractivity (Wildman–Crippen MR) is 83.8 cm³/mol. The van der Waals surface area contributed by atoms with Crippen molar-refractivity contribution < 1.29 is 8.42 Å². The van der Waals surface area contributed by atoms with Crippen LogP contribution in [0.1, 0.15) is 18.4 Å². The van der Waals surface area contributed by atoms with E-state index in [1.54, 1.807) is 0 Å². The Labute approximate surface area is 127 Å². The van der Waals surface area contributed by atoms with Crippen molar-refractivity contribution in [2.24, 2.45) is 0 Å². The van der Waals surface area contributed by atoms with E-state index in [0.717, 1.165) is 34.3 Å². The minimum absolute atomic E-state index is 0.433. The molecule has 1 fully saturated rings. The number of thioether (sulfide) groups is 1. The second kappa shape index (κ2) is 6.16. The van der Waals surface area contributed by atoms with E-state index in [2.05, 4.69) is 21.2 Å². The van der Waals surface area contributed by atoms with Crippen LogP contribution >= 0.6 is 27.7 Å². The zero-order chi connectivity index (χ0) is 14.0. The third kappa shape index (κ3) is 3.74. The van der Waals surface area contributed by atoms with Gasteiger partial charge in [-0.15, -0.1) is 11.8 Å². The summed E-state index contributed by atoms with van der Waals surface area (Å²) in [6, 6.07) is 4.34. The second-order valence-electron chi connectivity index (χ2n) is 4.88. The fraction of sp³-hybridized carbons (Fsp3) is 0.538. The van der Waals surface area contributed by atoms with Crippen molar-refractivity contribution in [2.45, 2.75) is 35.1 Å². The molecule has 1 aromatic rings. The highest BCUT2D eigenvalue weighted by Gasteiger charge is 2.20. The lowest BCUT2D eigenvalue weighted by Gasteiger charge is -2.14. The van der Waals surface area contributed by atoms with E-state index in [9.17, 15) is 8.42 Å². The molecule has 2 rings (SSSR count). The van der Waals surface area contributed by atoms with E-state index >= 15 is 0 Å². The van der Waals surface area contributed by atoms with Crippen LogP contribution in [0, 0.1) is 0 Å². The van der Waals surface area contributed by atoms with Crippen molar-refractivity contribution in [3.05, 3.63) is 22.2 Å². The molecule has 0 amide bonds. The van der Waals surface area contributed by atoms with E-state index in [1.807, 2.05) is 18.4 Å². The van der Waals surface area contributed by atoms with Crippen molar-refractivity contribution >= 4 is 37.5 Å². The molecule has 0 radical (unpaired) electrons. The topological polar surface area (TPSA) is 46.2 Å². The van der Waals surface area contributed by atoms with Gasteiger partial charge in [-0.25, -0.2) is 8.42 Å². The van der Waals surface area contributed by atoms with Gasteiger partial charge in [0.1, 0.15) is 0 Å². The summed E-state index contributed by atoms with van der Waals surface area (Å²) in [6.45, 7) is 1.06. The Balaban J connectivity index is 2.38. The first kappa shape index (κ1) is 15.4. The van der Waals surface area contributed by atoms with Crippen LogP contribution in [0.3, 0.4) is 0 Å². The summed E-state index contributed by atoms with van der Waals surface area (Å²) in [4.78, 5) is 1.23. The van der Waals surface area contributed by atoms with Crippen molar-refractivity contribution in [3.63, 3.8) is 0 Å². The third-order valence-electron chi connectivity index (χ3n) is 3.32.